The topological polar surface area (TPSA) is 47.8 Å². The van der Waals surface area contributed by atoms with Gasteiger partial charge < -0.3 is 0 Å². The van der Waals surface area contributed by atoms with Crippen molar-refractivity contribution in [2.24, 2.45) is 0 Å². The zero-order valence-electron chi connectivity index (χ0n) is 12.0. The molecule has 118 valence electrons. The Kier molecular flexibility index (Phi) is 4.57. The standard InChI is InChI=1S/C16H13F2N3OS/c17-14(18)15-20-19-13(12-7-9-23-10-12)16(22)21(15)8-6-11-4-2-1-3-5-11/h1-5,7,9-10,14H,6,8H2. The third kappa shape index (κ3) is 3.34. The first-order chi connectivity index (χ1) is 11.2. The van der Waals surface area contributed by atoms with Gasteiger partial charge in [0.25, 0.3) is 12.0 Å². The predicted molar refractivity (Wildman–Crippen MR) is 84.7 cm³/mol. The second kappa shape index (κ2) is 6.78. The third-order valence-corrected chi connectivity index (χ3v) is 4.12. The van der Waals surface area contributed by atoms with E-state index in [0.29, 0.717) is 12.0 Å². The lowest BCUT2D eigenvalue weighted by Crippen LogP contribution is -2.29. The second-order valence-electron chi connectivity index (χ2n) is 4.91. The van der Waals surface area contributed by atoms with E-state index in [9.17, 15) is 13.6 Å². The first-order valence-electron chi connectivity index (χ1n) is 6.99. The van der Waals surface area contributed by atoms with E-state index in [-0.39, 0.29) is 12.2 Å². The molecule has 0 atom stereocenters. The number of hydrogen-bond donors (Lipinski definition) is 0. The minimum atomic E-state index is -2.84. The Morgan fingerprint density at radius 1 is 1.13 bits per heavy atom. The molecule has 0 amide bonds. The van der Waals surface area contributed by atoms with Crippen LogP contribution in [0.2, 0.25) is 0 Å². The van der Waals surface area contributed by atoms with Gasteiger partial charge in [-0.2, -0.15) is 11.3 Å². The average Bonchev–Trinajstić information content (AvgIpc) is 3.08. The van der Waals surface area contributed by atoms with E-state index in [2.05, 4.69) is 10.2 Å². The molecule has 0 fully saturated rings. The highest BCUT2D eigenvalue weighted by atomic mass is 32.1. The van der Waals surface area contributed by atoms with E-state index in [4.69, 9.17) is 0 Å². The van der Waals surface area contributed by atoms with E-state index in [1.165, 1.54) is 11.3 Å². The lowest BCUT2D eigenvalue weighted by Gasteiger charge is -2.11. The molecule has 2 aromatic heterocycles. The van der Waals surface area contributed by atoms with Crippen LogP contribution in [0, 0.1) is 0 Å². The SMILES string of the molecule is O=c1c(-c2ccsc2)nnc(C(F)F)n1CCc1ccccc1. The molecule has 0 saturated carbocycles. The summed E-state index contributed by atoms with van der Waals surface area (Å²) in [7, 11) is 0. The van der Waals surface area contributed by atoms with Crippen LogP contribution in [0.4, 0.5) is 8.78 Å². The molecule has 0 radical (unpaired) electrons. The number of hydrogen-bond acceptors (Lipinski definition) is 4. The highest BCUT2D eigenvalue weighted by Crippen LogP contribution is 2.19. The maximum absolute atomic E-state index is 13.1. The predicted octanol–water partition coefficient (Wildman–Crippen LogP) is 3.55. The maximum atomic E-state index is 13.1. The Bertz CT molecular complexity index is 832. The van der Waals surface area contributed by atoms with Gasteiger partial charge in [0.2, 0.25) is 5.82 Å². The fourth-order valence-electron chi connectivity index (χ4n) is 2.27. The van der Waals surface area contributed by atoms with Crippen LogP contribution in [-0.4, -0.2) is 14.8 Å². The fourth-order valence-corrected chi connectivity index (χ4v) is 2.91. The van der Waals surface area contributed by atoms with Crippen LogP contribution >= 0.6 is 11.3 Å². The minimum Gasteiger partial charge on any atom is -0.288 e. The van der Waals surface area contributed by atoms with Crippen molar-refractivity contribution in [2.75, 3.05) is 0 Å². The van der Waals surface area contributed by atoms with Crippen LogP contribution in [0.1, 0.15) is 17.8 Å². The van der Waals surface area contributed by atoms with E-state index in [1.54, 1.807) is 16.8 Å². The highest BCUT2D eigenvalue weighted by molar-refractivity contribution is 7.08. The number of nitrogens with zero attached hydrogens (tertiary/aromatic N) is 3. The summed E-state index contributed by atoms with van der Waals surface area (Å²) in [5, 5.41) is 10.8. The average molecular weight is 333 g/mol. The molecular weight excluding hydrogens is 320 g/mol. The lowest BCUT2D eigenvalue weighted by atomic mass is 10.1. The maximum Gasteiger partial charge on any atom is 0.297 e. The van der Waals surface area contributed by atoms with E-state index in [1.807, 2.05) is 30.3 Å². The third-order valence-electron chi connectivity index (χ3n) is 3.43. The number of benzene rings is 1. The van der Waals surface area contributed by atoms with Crippen molar-refractivity contribution in [1.29, 1.82) is 0 Å². The first kappa shape index (κ1) is 15.5. The van der Waals surface area contributed by atoms with Crippen LogP contribution in [0.25, 0.3) is 11.3 Å². The summed E-state index contributed by atoms with van der Waals surface area (Å²) in [5.41, 5.74) is 1.13. The molecule has 0 unspecified atom stereocenters. The van der Waals surface area contributed by atoms with Gasteiger partial charge in [0, 0.05) is 17.5 Å². The summed E-state index contributed by atoms with van der Waals surface area (Å²) in [5.74, 6) is -0.593. The van der Waals surface area contributed by atoms with Crippen molar-refractivity contribution in [2.45, 2.75) is 19.4 Å². The molecular formula is C16H13F2N3OS. The monoisotopic (exact) mass is 333 g/mol. The molecule has 3 rings (SSSR count). The Morgan fingerprint density at radius 3 is 2.57 bits per heavy atom. The van der Waals surface area contributed by atoms with Crippen molar-refractivity contribution in [3.8, 4) is 11.3 Å². The molecule has 3 aromatic rings. The second-order valence-corrected chi connectivity index (χ2v) is 5.69. The Morgan fingerprint density at radius 2 is 1.91 bits per heavy atom. The molecule has 23 heavy (non-hydrogen) atoms. The van der Waals surface area contributed by atoms with Gasteiger partial charge in [-0.3, -0.25) is 9.36 Å². The molecule has 0 N–H and O–H groups in total. The van der Waals surface area contributed by atoms with Gasteiger partial charge in [0.05, 0.1) is 0 Å². The molecule has 0 aliphatic rings. The molecule has 4 nitrogen and oxygen atoms in total. The number of alkyl halides is 2. The molecule has 7 heteroatoms. The number of halogens is 2. The number of rotatable bonds is 5. The number of thiophene rings is 1. The fraction of sp³-hybridized carbons (Fsp3) is 0.188. The van der Waals surface area contributed by atoms with E-state index < -0.39 is 17.8 Å². The first-order valence-corrected chi connectivity index (χ1v) is 7.93. The van der Waals surface area contributed by atoms with Crippen LogP contribution in [0.5, 0.6) is 0 Å². The molecule has 0 bridgehead atoms. The van der Waals surface area contributed by atoms with Gasteiger partial charge in [0.15, 0.2) is 5.69 Å². The lowest BCUT2D eigenvalue weighted by molar-refractivity contribution is 0.131. The quantitative estimate of drug-likeness (QED) is 0.717. The minimum absolute atomic E-state index is 0.101. The van der Waals surface area contributed by atoms with Crippen molar-refractivity contribution >= 4 is 11.3 Å². The summed E-state index contributed by atoms with van der Waals surface area (Å²) < 4.78 is 27.3. The van der Waals surface area contributed by atoms with Gasteiger partial charge in [-0.1, -0.05) is 30.3 Å². The molecule has 1 aromatic carbocycles. The highest BCUT2D eigenvalue weighted by Gasteiger charge is 2.20. The summed E-state index contributed by atoms with van der Waals surface area (Å²) in [6.45, 7) is 0.134. The summed E-state index contributed by atoms with van der Waals surface area (Å²) in [6.07, 6.45) is -2.38. The van der Waals surface area contributed by atoms with Crippen molar-refractivity contribution < 1.29 is 8.78 Å². The van der Waals surface area contributed by atoms with E-state index in [0.717, 1.165) is 10.1 Å². The van der Waals surface area contributed by atoms with Crippen LogP contribution in [0.15, 0.2) is 52.0 Å². The Labute approximate surface area is 135 Å². The summed E-state index contributed by atoms with van der Waals surface area (Å²) in [6, 6.07) is 11.1. The smallest absolute Gasteiger partial charge is 0.288 e. The van der Waals surface area contributed by atoms with Crippen LogP contribution in [0.3, 0.4) is 0 Å². The zero-order valence-corrected chi connectivity index (χ0v) is 12.8. The summed E-state index contributed by atoms with van der Waals surface area (Å²) in [4.78, 5) is 12.5. The summed E-state index contributed by atoms with van der Waals surface area (Å²) >= 11 is 1.41. The molecule has 2 heterocycles. The van der Waals surface area contributed by atoms with Gasteiger partial charge in [0.1, 0.15) is 0 Å². The Balaban J connectivity index is 1.98. The molecule has 0 aliphatic heterocycles. The molecule has 0 aliphatic carbocycles. The van der Waals surface area contributed by atoms with E-state index >= 15 is 0 Å². The van der Waals surface area contributed by atoms with Gasteiger partial charge in [-0.15, -0.1) is 10.2 Å². The van der Waals surface area contributed by atoms with Gasteiger partial charge >= 0.3 is 0 Å². The van der Waals surface area contributed by atoms with Crippen LogP contribution < -0.4 is 5.56 Å². The van der Waals surface area contributed by atoms with Gasteiger partial charge in [-0.05, 0) is 23.4 Å². The Hall–Kier alpha value is -2.41. The largest absolute Gasteiger partial charge is 0.297 e. The van der Waals surface area contributed by atoms with Crippen molar-refractivity contribution in [3.63, 3.8) is 0 Å². The van der Waals surface area contributed by atoms with Crippen LogP contribution in [-0.2, 0) is 13.0 Å². The molecule has 0 spiro atoms. The van der Waals surface area contributed by atoms with Crippen molar-refractivity contribution in [1.82, 2.24) is 14.8 Å². The molecule has 0 saturated heterocycles. The van der Waals surface area contributed by atoms with Crippen molar-refractivity contribution in [3.05, 3.63) is 68.9 Å². The normalized spacial score (nSPS) is 11.1. The number of aryl methyl sites for hydroxylation is 1. The number of aromatic nitrogens is 3. The zero-order chi connectivity index (χ0) is 16.2. The van der Waals surface area contributed by atoms with Gasteiger partial charge in [-0.25, -0.2) is 8.78 Å².